The Labute approximate surface area is 106 Å². The number of rotatable bonds is 1. The summed E-state index contributed by atoms with van der Waals surface area (Å²) in [6, 6.07) is 3.68. The van der Waals surface area contributed by atoms with E-state index in [1.807, 2.05) is 0 Å². The summed E-state index contributed by atoms with van der Waals surface area (Å²) in [6.07, 6.45) is 0. The van der Waals surface area contributed by atoms with Crippen LogP contribution in [0, 0.1) is 17.5 Å². The number of ether oxygens (including phenoxy) is 1. The Morgan fingerprint density at radius 1 is 0.895 bits per heavy atom. The normalized spacial score (nSPS) is 12.3. The molecule has 3 rings (SSSR count). The van der Waals surface area contributed by atoms with Crippen molar-refractivity contribution >= 4 is 5.78 Å². The molecule has 0 aliphatic heterocycles. The summed E-state index contributed by atoms with van der Waals surface area (Å²) in [5.41, 5.74) is -0.00704. The van der Waals surface area contributed by atoms with Crippen LogP contribution in [0.2, 0.25) is 0 Å². The molecule has 0 saturated heterocycles. The standard InChI is InChI=1S/C14H7F3O2/c1-19-11-5-7(16)3-9-13(11)12-8(14(9)18)2-6(15)4-10(12)17/h2-5H,1H3. The maximum Gasteiger partial charge on any atom is 0.194 e. The van der Waals surface area contributed by atoms with E-state index in [9.17, 15) is 18.0 Å². The zero-order chi connectivity index (χ0) is 13.7. The van der Waals surface area contributed by atoms with E-state index in [0.717, 1.165) is 18.2 Å². The van der Waals surface area contributed by atoms with Gasteiger partial charge in [0.2, 0.25) is 0 Å². The minimum Gasteiger partial charge on any atom is -0.496 e. The predicted molar refractivity (Wildman–Crippen MR) is 61.7 cm³/mol. The third kappa shape index (κ3) is 1.54. The molecule has 2 nitrogen and oxygen atoms in total. The molecule has 19 heavy (non-hydrogen) atoms. The van der Waals surface area contributed by atoms with Gasteiger partial charge in [-0.05, 0) is 12.1 Å². The first-order valence-corrected chi connectivity index (χ1v) is 5.44. The molecule has 0 spiro atoms. The summed E-state index contributed by atoms with van der Waals surface area (Å²) in [4.78, 5) is 12.1. The van der Waals surface area contributed by atoms with Gasteiger partial charge in [0.25, 0.3) is 0 Å². The lowest BCUT2D eigenvalue weighted by Gasteiger charge is -2.08. The van der Waals surface area contributed by atoms with Gasteiger partial charge in [0.1, 0.15) is 23.2 Å². The van der Waals surface area contributed by atoms with Gasteiger partial charge in [-0.2, -0.15) is 0 Å². The van der Waals surface area contributed by atoms with E-state index < -0.39 is 23.2 Å². The van der Waals surface area contributed by atoms with Crippen LogP contribution in [0.25, 0.3) is 11.1 Å². The average molecular weight is 264 g/mol. The number of carbonyl (C=O) groups excluding carboxylic acids is 1. The van der Waals surface area contributed by atoms with E-state index in [1.54, 1.807) is 0 Å². The number of hydrogen-bond acceptors (Lipinski definition) is 2. The van der Waals surface area contributed by atoms with E-state index in [0.29, 0.717) is 6.07 Å². The zero-order valence-electron chi connectivity index (χ0n) is 9.76. The molecule has 0 fully saturated rings. The molecule has 5 heteroatoms. The predicted octanol–water partition coefficient (Wildman–Crippen LogP) is 3.32. The summed E-state index contributed by atoms with van der Waals surface area (Å²) in [5.74, 6) is -2.95. The van der Waals surface area contributed by atoms with Gasteiger partial charge in [-0.15, -0.1) is 0 Å². The average Bonchev–Trinajstić information content (AvgIpc) is 2.63. The van der Waals surface area contributed by atoms with Crippen molar-refractivity contribution in [2.75, 3.05) is 7.11 Å². The Kier molecular flexibility index (Phi) is 2.38. The highest BCUT2D eigenvalue weighted by molar-refractivity contribution is 6.22. The van der Waals surface area contributed by atoms with E-state index in [2.05, 4.69) is 0 Å². The number of halogens is 3. The molecule has 0 heterocycles. The van der Waals surface area contributed by atoms with Gasteiger partial charge in [-0.3, -0.25) is 4.79 Å². The Balaban J connectivity index is 2.43. The fraction of sp³-hybridized carbons (Fsp3) is 0.0714. The van der Waals surface area contributed by atoms with Gasteiger partial charge in [-0.25, -0.2) is 13.2 Å². The molecule has 0 radical (unpaired) electrons. The van der Waals surface area contributed by atoms with Crippen molar-refractivity contribution < 1.29 is 22.7 Å². The molecule has 2 aromatic carbocycles. The number of fused-ring (bicyclic) bond motifs is 3. The second-order valence-electron chi connectivity index (χ2n) is 4.17. The molecular formula is C14H7F3O2. The van der Waals surface area contributed by atoms with E-state index in [1.165, 1.54) is 7.11 Å². The van der Waals surface area contributed by atoms with Crippen LogP contribution in [0.15, 0.2) is 24.3 Å². The van der Waals surface area contributed by atoms with Crippen LogP contribution in [-0.4, -0.2) is 12.9 Å². The SMILES string of the molecule is COc1cc(F)cc2c1-c1c(F)cc(F)cc1C2=O. The van der Waals surface area contributed by atoms with Gasteiger partial charge in [0, 0.05) is 34.4 Å². The van der Waals surface area contributed by atoms with Crippen molar-refractivity contribution in [3.63, 3.8) is 0 Å². The quantitative estimate of drug-likeness (QED) is 0.674. The minimum atomic E-state index is -0.869. The van der Waals surface area contributed by atoms with Crippen molar-refractivity contribution in [1.82, 2.24) is 0 Å². The van der Waals surface area contributed by atoms with Crippen molar-refractivity contribution in [1.29, 1.82) is 0 Å². The second-order valence-corrected chi connectivity index (χ2v) is 4.17. The maximum absolute atomic E-state index is 13.9. The highest BCUT2D eigenvalue weighted by Gasteiger charge is 2.33. The molecule has 0 amide bonds. The zero-order valence-corrected chi connectivity index (χ0v) is 9.76. The van der Waals surface area contributed by atoms with Gasteiger partial charge >= 0.3 is 0 Å². The van der Waals surface area contributed by atoms with Crippen LogP contribution in [0.4, 0.5) is 13.2 Å². The number of carbonyl (C=O) groups is 1. The first kappa shape index (κ1) is 11.8. The fourth-order valence-electron chi connectivity index (χ4n) is 2.33. The third-order valence-corrected chi connectivity index (χ3v) is 3.08. The smallest absolute Gasteiger partial charge is 0.194 e. The van der Waals surface area contributed by atoms with Gasteiger partial charge in [0.15, 0.2) is 5.78 Å². The maximum atomic E-state index is 13.9. The highest BCUT2D eigenvalue weighted by Crippen LogP contribution is 2.44. The topological polar surface area (TPSA) is 26.3 Å². The Morgan fingerprint density at radius 2 is 1.47 bits per heavy atom. The summed E-state index contributed by atoms with van der Waals surface area (Å²) < 4.78 is 45.4. The van der Waals surface area contributed by atoms with E-state index in [-0.39, 0.29) is 28.0 Å². The molecule has 96 valence electrons. The van der Waals surface area contributed by atoms with Crippen LogP contribution < -0.4 is 4.74 Å². The van der Waals surface area contributed by atoms with Gasteiger partial charge in [-0.1, -0.05) is 0 Å². The molecule has 2 aromatic rings. The lowest BCUT2D eigenvalue weighted by atomic mass is 10.0. The molecule has 0 N–H and O–H groups in total. The third-order valence-electron chi connectivity index (χ3n) is 3.08. The molecule has 1 aliphatic carbocycles. The molecule has 1 aliphatic rings. The highest BCUT2D eigenvalue weighted by atomic mass is 19.1. The Bertz CT molecular complexity index is 723. The number of hydrogen-bond donors (Lipinski definition) is 0. The summed E-state index contributed by atoms with van der Waals surface area (Å²) in [6.45, 7) is 0. The molecule has 0 aromatic heterocycles. The lowest BCUT2D eigenvalue weighted by molar-refractivity contribution is 0.104. The largest absolute Gasteiger partial charge is 0.496 e. The van der Waals surface area contributed by atoms with Crippen molar-refractivity contribution in [3.05, 3.63) is 52.8 Å². The summed E-state index contributed by atoms with van der Waals surface area (Å²) in [5, 5.41) is 0. The number of methoxy groups -OCH3 is 1. The molecular weight excluding hydrogens is 257 g/mol. The number of benzene rings is 2. The van der Waals surface area contributed by atoms with E-state index >= 15 is 0 Å². The van der Waals surface area contributed by atoms with Crippen LogP contribution in [0.1, 0.15) is 15.9 Å². The van der Waals surface area contributed by atoms with Crippen LogP contribution in [0.5, 0.6) is 5.75 Å². The molecule has 0 saturated carbocycles. The number of ketones is 1. The summed E-state index contributed by atoms with van der Waals surface area (Å²) >= 11 is 0. The Hall–Kier alpha value is -2.30. The van der Waals surface area contributed by atoms with Crippen LogP contribution in [0.3, 0.4) is 0 Å². The van der Waals surface area contributed by atoms with Crippen molar-refractivity contribution in [3.8, 4) is 16.9 Å². The summed E-state index contributed by atoms with van der Waals surface area (Å²) in [7, 11) is 1.29. The fourth-order valence-corrected chi connectivity index (χ4v) is 2.33. The van der Waals surface area contributed by atoms with Crippen LogP contribution in [-0.2, 0) is 0 Å². The van der Waals surface area contributed by atoms with Gasteiger partial charge < -0.3 is 4.74 Å². The molecule has 0 unspecified atom stereocenters. The molecule has 0 bridgehead atoms. The minimum absolute atomic E-state index is 0.0173. The monoisotopic (exact) mass is 264 g/mol. The van der Waals surface area contributed by atoms with Crippen molar-refractivity contribution in [2.24, 2.45) is 0 Å². The lowest BCUT2D eigenvalue weighted by Crippen LogP contribution is -1.97. The second kappa shape index (κ2) is 3.85. The van der Waals surface area contributed by atoms with Crippen LogP contribution >= 0.6 is 0 Å². The van der Waals surface area contributed by atoms with Crippen molar-refractivity contribution in [2.45, 2.75) is 0 Å². The first-order chi connectivity index (χ1) is 9.02. The first-order valence-electron chi connectivity index (χ1n) is 5.44. The Morgan fingerprint density at radius 3 is 2.11 bits per heavy atom. The van der Waals surface area contributed by atoms with Gasteiger partial charge in [0.05, 0.1) is 7.11 Å². The molecule has 0 atom stereocenters. The van der Waals surface area contributed by atoms with E-state index in [4.69, 9.17) is 4.74 Å².